The molecule has 1 aromatic rings. The van der Waals surface area contributed by atoms with E-state index in [1.165, 1.54) is 13.2 Å². The smallest absolute Gasteiger partial charge is 0.222 e. The first-order valence-electron chi connectivity index (χ1n) is 9.10. The number of β-amino-alcohol motifs (C(OH)–C–C–N with tert-alkyl or cyclic N) is 1. The Bertz CT molecular complexity index is 670. The summed E-state index contributed by atoms with van der Waals surface area (Å²) in [6, 6.07) is 2.53. The van der Waals surface area contributed by atoms with Crippen molar-refractivity contribution in [1.82, 2.24) is 9.80 Å². The molecule has 26 heavy (non-hydrogen) atoms. The highest BCUT2D eigenvalue weighted by molar-refractivity contribution is 5.77. The Balaban J connectivity index is 1.75. The van der Waals surface area contributed by atoms with Gasteiger partial charge in [-0.1, -0.05) is 0 Å². The van der Waals surface area contributed by atoms with Gasteiger partial charge in [0.1, 0.15) is 5.75 Å². The number of carbonyl (C=O) groups is 1. The number of benzene rings is 1. The zero-order chi connectivity index (χ0) is 18.7. The third-order valence-corrected chi connectivity index (χ3v) is 5.61. The third-order valence-electron chi connectivity index (χ3n) is 5.61. The predicted octanol–water partition coefficient (Wildman–Crippen LogP) is 2.17. The summed E-state index contributed by atoms with van der Waals surface area (Å²) in [5, 5.41) is 9.19. The van der Waals surface area contributed by atoms with Gasteiger partial charge in [0, 0.05) is 43.6 Å². The lowest BCUT2D eigenvalue weighted by molar-refractivity contribution is -0.140. The van der Waals surface area contributed by atoms with Gasteiger partial charge in [-0.2, -0.15) is 0 Å². The molecule has 0 saturated carbocycles. The van der Waals surface area contributed by atoms with Crippen molar-refractivity contribution in [2.24, 2.45) is 5.41 Å². The number of aliphatic hydroxyl groups excluding tert-OH is 1. The lowest BCUT2D eigenvalue weighted by Gasteiger charge is -2.48. The van der Waals surface area contributed by atoms with Gasteiger partial charge < -0.3 is 14.7 Å². The number of piperidine rings is 2. The van der Waals surface area contributed by atoms with Gasteiger partial charge in [0.05, 0.1) is 13.7 Å². The number of aliphatic hydroxyl groups is 1. The SMILES string of the molecule is COc1ccc(F)c(F)c1CN1CCCC2(CCC(=O)N(CCO)C2)C1. The van der Waals surface area contributed by atoms with Crippen LogP contribution in [0.3, 0.4) is 0 Å². The Morgan fingerprint density at radius 1 is 1.27 bits per heavy atom. The van der Waals surface area contributed by atoms with E-state index in [1.54, 1.807) is 4.90 Å². The minimum Gasteiger partial charge on any atom is -0.496 e. The van der Waals surface area contributed by atoms with Crippen molar-refractivity contribution in [2.45, 2.75) is 32.2 Å². The second-order valence-electron chi connectivity index (χ2n) is 7.40. The van der Waals surface area contributed by atoms with Crippen LogP contribution in [0, 0.1) is 17.0 Å². The normalized spacial score (nSPS) is 24.3. The van der Waals surface area contributed by atoms with Crippen molar-refractivity contribution >= 4 is 5.91 Å². The van der Waals surface area contributed by atoms with Crippen molar-refractivity contribution in [3.05, 3.63) is 29.3 Å². The molecule has 2 aliphatic heterocycles. The summed E-state index contributed by atoms with van der Waals surface area (Å²) in [7, 11) is 1.45. The average molecular weight is 368 g/mol. The van der Waals surface area contributed by atoms with Crippen LogP contribution in [0.4, 0.5) is 8.78 Å². The van der Waals surface area contributed by atoms with E-state index in [1.807, 2.05) is 0 Å². The van der Waals surface area contributed by atoms with Gasteiger partial charge in [0.15, 0.2) is 11.6 Å². The van der Waals surface area contributed by atoms with Crippen LogP contribution in [-0.2, 0) is 11.3 Å². The maximum absolute atomic E-state index is 14.3. The summed E-state index contributed by atoms with van der Waals surface area (Å²) in [4.78, 5) is 15.9. The lowest BCUT2D eigenvalue weighted by atomic mass is 9.73. The number of hydrogen-bond acceptors (Lipinski definition) is 4. The van der Waals surface area contributed by atoms with Crippen LogP contribution in [0.15, 0.2) is 12.1 Å². The molecule has 1 amide bonds. The minimum absolute atomic E-state index is 0.0433. The van der Waals surface area contributed by atoms with Crippen LogP contribution in [0.2, 0.25) is 0 Å². The van der Waals surface area contributed by atoms with E-state index in [2.05, 4.69) is 4.90 Å². The quantitative estimate of drug-likeness (QED) is 0.866. The van der Waals surface area contributed by atoms with Gasteiger partial charge in [-0.3, -0.25) is 9.69 Å². The molecule has 5 nitrogen and oxygen atoms in total. The van der Waals surface area contributed by atoms with E-state index in [-0.39, 0.29) is 30.0 Å². The molecule has 7 heteroatoms. The number of likely N-dealkylation sites (tertiary alicyclic amines) is 2. The Morgan fingerprint density at radius 3 is 2.81 bits per heavy atom. The topological polar surface area (TPSA) is 53.0 Å². The molecule has 0 radical (unpaired) electrons. The fraction of sp³-hybridized carbons (Fsp3) is 0.632. The highest BCUT2D eigenvalue weighted by Crippen LogP contribution is 2.39. The van der Waals surface area contributed by atoms with Crippen molar-refractivity contribution < 1.29 is 23.4 Å². The number of nitrogens with zero attached hydrogens (tertiary/aromatic N) is 2. The molecule has 1 aromatic carbocycles. The number of amides is 1. The largest absolute Gasteiger partial charge is 0.496 e. The van der Waals surface area contributed by atoms with Crippen LogP contribution < -0.4 is 4.74 Å². The summed E-state index contributed by atoms with van der Waals surface area (Å²) >= 11 is 0. The minimum atomic E-state index is -0.870. The van der Waals surface area contributed by atoms with Crippen LogP contribution in [0.5, 0.6) is 5.75 Å². The van der Waals surface area contributed by atoms with Crippen molar-refractivity contribution in [1.29, 1.82) is 0 Å². The number of rotatable bonds is 5. The molecular formula is C19H26F2N2O3. The highest BCUT2D eigenvalue weighted by Gasteiger charge is 2.41. The standard InChI is InChI=1S/C19H26F2N2O3/c1-26-16-4-3-15(20)18(21)14(16)11-22-8-2-6-19(12-22)7-5-17(25)23(13-19)9-10-24/h3-4,24H,2,5-13H2,1H3. The van der Waals surface area contributed by atoms with Crippen LogP contribution >= 0.6 is 0 Å². The van der Waals surface area contributed by atoms with Crippen molar-refractivity contribution in [2.75, 3.05) is 39.9 Å². The summed E-state index contributed by atoms with van der Waals surface area (Å²) < 4.78 is 33.2. The van der Waals surface area contributed by atoms with Gasteiger partial charge in [-0.05, 0) is 37.9 Å². The molecule has 1 spiro atoms. The van der Waals surface area contributed by atoms with Gasteiger partial charge in [-0.15, -0.1) is 0 Å². The van der Waals surface area contributed by atoms with E-state index in [0.717, 1.165) is 38.4 Å². The maximum atomic E-state index is 14.3. The molecule has 2 saturated heterocycles. The number of carbonyl (C=O) groups excluding carboxylic acids is 1. The third kappa shape index (κ3) is 3.83. The van der Waals surface area contributed by atoms with Gasteiger partial charge in [0.2, 0.25) is 5.91 Å². The molecular weight excluding hydrogens is 342 g/mol. The van der Waals surface area contributed by atoms with Crippen LogP contribution in [0.25, 0.3) is 0 Å². The number of ether oxygens (including phenoxy) is 1. The van der Waals surface area contributed by atoms with Crippen molar-refractivity contribution in [3.8, 4) is 5.75 Å². The highest BCUT2D eigenvalue weighted by atomic mass is 19.2. The second-order valence-corrected chi connectivity index (χ2v) is 7.40. The summed E-state index contributed by atoms with van der Waals surface area (Å²) in [6.07, 6.45) is 3.22. The molecule has 2 fully saturated rings. The molecule has 0 aliphatic carbocycles. The molecule has 144 valence electrons. The fourth-order valence-electron chi connectivity index (χ4n) is 4.34. The maximum Gasteiger partial charge on any atom is 0.222 e. The summed E-state index contributed by atoms with van der Waals surface area (Å²) in [5.41, 5.74) is 0.196. The molecule has 3 rings (SSSR count). The monoisotopic (exact) mass is 368 g/mol. The van der Waals surface area contributed by atoms with E-state index < -0.39 is 11.6 Å². The van der Waals surface area contributed by atoms with E-state index in [0.29, 0.717) is 25.3 Å². The molecule has 2 heterocycles. The molecule has 0 aromatic heterocycles. The average Bonchev–Trinajstić information content (AvgIpc) is 2.63. The Morgan fingerprint density at radius 2 is 2.08 bits per heavy atom. The molecule has 1 N–H and O–H groups in total. The second kappa shape index (κ2) is 7.88. The van der Waals surface area contributed by atoms with Gasteiger partial charge in [0.25, 0.3) is 0 Å². The van der Waals surface area contributed by atoms with Gasteiger partial charge in [-0.25, -0.2) is 8.78 Å². The first-order valence-corrected chi connectivity index (χ1v) is 9.10. The molecule has 1 unspecified atom stereocenters. The fourth-order valence-corrected chi connectivity index (χ4v) is 4.34. The number of methoxy groups -OCH3 is 1. The number of hydrogen-bond donors (Lipinski definition) is 1. The zero-order valence-electron chi connectivity index (χ0n) is 15.1. The lowest BCUT2D eigenvalue weighted by Crippen LogP contribution is -2.54. The van der Waals surface area contributed by atoms with E-state index in [9.17, 15) is 18.7 Å². The Hall–Kier alpha value is -1.73. The molecule has 1 atom stereocenters. The first kappa shape index (κ1) is 19.0. The first-order chi connectivity index (χ1) is 12.5. The molecule has 2 aliphatic rings. The summed E-state index contributed by atoms with van der Waals surface area (Å²) in [6.45, 7) is 2.73. The Labute approximate surface area is 152 Å². The van der Waals surface area contributed by atoms with Crippen LogP contribution in [0.1, 0.15) is 31.2 Å². The van der Waals surface area contributed by atoms with Gasteiger partial charge >= 0.3 is 0 Å². The van der Waals surface area contributed by atoms with E-state index in [4.69, 9.17) is 4.74 Å². The molecule has 0 bridgehead atoms. The van der Waals surface area contributed by atoms with Crippen molar-refractivity contribution in [3.63, 3.8) is 0 Å². The van der Waals surface area contributed by atoms with Crippen LogP contribution in [-0.4, -0.2) is 60.7 Å². The predicted molar refractivity (Wildman–Crippen MR) is 92.8 cm³/mol. The number of halogens is 2. The van der Waals surface area contributed by atoms with E-state index >= 15 is 0 Å². The zero-order valence-corrected chi connectivity index (χ0v) is 15.1. The summed E-state index contributed by atoms with van der Waals surface area (Å²) in [5.74, 6) is -1.29. The Kier molecular flexibility index (Phi) is 5.77.